The number of carbonyl (C=O) groups excluding carboxylic acids is 1. The molecule has 7 nitrogen and oxygen atoms in total. The van der Waals surface area contributed by atoms with Gasteiger partial charge in [0.1, 0.15) is 0 Å². The number of nitrogens with zero attached hydrogens (tertiary/aromatic N) is 3. The summed E-state index contributed by atoms with van der Waals surface area (Å²) >= 11 is 0. The molecule has 142 valence electrons. The Bertz CT molecular complexity index is 847. The molecule has 2 aromatic carbocycles. The number of carbonyl (C=O) groups is 1. The Morgan fingerprint density at radius 1 is 1.15 bits per heavy atom. The molecule has 0 spiro atoms. The van der Waals surface area contributed by atoms with Gasteiger partial charge in [-0.1, -0.05) is 12.1 Å². The molecule has 0 saturated carbocycles. The number of ether oxygens (including phenoxy) is 1. The topological polar surface area (TPSA) is 75.9 Å². The molecule has 0 aliphatic carbocycles. The fraction of sp³-hybridized carbons (Fsp3) is 0.350. The molecule has 2 aromatic rings. The summed E-state index contributed by atoms with van der Waals surface area (Å²) in [7, 11) is 3.07. The summed E-state index contributed by atoms with van der Waals surface area (Å²) < 4.78 is 5.08. The minimum Gasteiger partial charge on any atom is -0.490 e. The number of benzene rings is 2. The highest BCUT2D eigenvalue weighted by molar-refractivity contribution is 6.07. The molecule has 1 aliphatic heterocycles. The van der Waals surface area contributed by atoms with Crippen LogP contribution < -0.4 is 14.5 Å². The van der Waals surface area contributed by atoms with E-state index in [4.69, 9.17) is 4.74 Å². The van der Waals surface area contributed by atoms with Crippen molar-refractivity contribution in [1.29, 1.82) is 0 Å². The number of rotatable bonds is 5. The van der Waals surface area contributed by atoms with Crippen LogP contribution in [0, 0.1) is 10.1 Å². The van der Waals surface area contributed by atoms with Gasteiger partial charge in [-0.15, -0.1) is 0 Å². The highest BCUT2D eigenvalue weighted by atomic mass is 16.6. The van der Waals surface area contributed by atoms with E-state index in [0.29, 0.717) is 5.56 Å². The van der Waals surface area contributed by atoms with E-state index in [1.165, 1.54) is 31.7 Å². The minimum absolute atomic E-state index is 0.0727. The van der Waals surface area contributed by atoms with Crippen LogP contribution >= 0.6 is 0 Å². The molecule has 1 amide bonds. The van der Waals surface area contributed by atoms with Gasteiger partial charge < -0.3 is 14.5 Å². The SMILES string of the molecule is COc1cc(C(=O)N(C)c2ccccc2N2CCCCC2)ccc1[N+](=O)[O-]. The summed E-state index contributed by atoms with van der Waals surface area (Å²) in [5.74, 6) is -0.170. The Kier molecular flexibility index (Phi) is 5.59. The van der Waals surface area contributed by atoms with Crippen molar-refractivity contribution in [3.8, 4) is 5.75 Å². The first kappa shape index (κ1) is 18.7. The van der Waals surface area contributed by atoms with E-state index < -0.39 is 4.92 Å². The van der Waals surface area contributed by atoms with Crippen LogP contribution in [0.3, 0.4) is 0 Å². The Morgan fingerprint density at radius 3 is 2.52 bits per heavy atom. The van der Waals surface area contributed by atoms with Crippen LogP contribution in [0.2, 0.25) is 0 Å². The summed E-state index contributed by atoms with van der Waals surface area (Å²) in [4.78, 5) is 27.4. The molecule has 0 radical (unpaired) electrons. The molecule has 0 unspecified atom stereocenters. The van der Waals surface area contributed by atoms with Crippen LogP contribution in [0.15, 0.2) is 42.5 Å². The van der Waals surface area contributed by atoms with E-state index in [9.17, 15) is 14.9 Å². The lowest BCUT2D eigenvalue weighted by Gasteiger charge is -2.32. The second kappa shape index (κ2) is 8.07. The van der Waals surface area contributed by atoms with Gasteiger partial charge >= 0.3 is 5.69 Å². The molecule has 1 aliphatic rings. The zero-order valence-electron chi connectivity index (χ0n) is 15.6. The van der Waals surface area contributed by atoms with Gasteiger partial charge in [0, 0.05) is 37.8 Å². The first-order chi connectivity index (χ1) is 13.0. The number of methoxy groups -OCH3 is 1. The highest BCUT2D eigenvalue weighted by Crippen LogP contribution is 2.33. The maximum Gasteiger partial charge on any atom is 0.310 e. The van der Waals surface area contributed by atoms with Crippen molar-refractivity contribution in [3.05, 3.63) is 58.1 Å². The number of amides is 1. The van der Waals surface area contributed by atoms with E-state index in [2.05, 4.69) is 4.90 Å². The van der Waals surface area contributed by atoms with Gasteiger partial charge in [-0.3, -0.25) is 14.9 Å². The van der Waals surface area contributed by atoms with Crippen molar-refractivity contribution in [3.63, 3.8) is 0 Å². The predicted molar refractivity (Wildman–Crippen MR) is 105 cm³/mol. The maximum atomic E-state index is 13.0. The molecule has 3 rings (SSSR count). The predicted octanol–water partition coefficient (Wildman–Crippen LogP) is 3.87. The van der Waals surface area contributed by atoms with Crippen molar-refractivity contribution in [1.82, 2.24) is 0 Å². The van der Waals surface area contributed by atoms with Gasteiger partial charge in [0.15, 0.2) is 5.75 Å². The standard InChI is InChI=1S/C20H23N3O4/c1-21(16-8-4-5-9-17(16)22-12-6-3-7-13-22)20(24)15-10-11-18(23(25)26)19(14-15)27-2/h4-5,8-11,14H,3,6-7,12-13H2,1-2H3. The van der Waals surface area contributed by atoms with Crippen molar-refractivity contribution in [2.75, 3.05) is 37.0 Å². The lowest BCUT2D eigenvalue weighted by atomic mass is 10.1. The van der Waals surface area contributed by atoms with Gasteiger partial charge in [-0.2, -0.15) is 0 Å². The third-order valence-corrected chi connectivity index (χ3v) is 4.87. The quantitative estimate of drug-likeness (QED) is 0.591. The molecular weight excluding hydrogens is 346 g/mol. The number of anilines is 2. The molecule has 0 N–H and O–H groups in total. The van der Waals surface area contributed by atoms with Gasteiger partial charge in [0.05, 0.1) is 23.4 Å². The number of nitro benzene ring substituents is 1. The summed E-state index contributed by atoms with van der Waals surface area (Å²) in [6.07, 6.45) is 3.52. The van der Waals surface area contributed by atoms with E-state index in [0.717, 1.165) is 37.3 Å². The van der Waals surface area contributed by atoms with Crippen molar-refractivity contribution < 1.29 is 14.5 Å². The Hall–Kier alpha value is -3.09. The minimum atomic E-state index is -0.525. The van der Waals surface area contributed by atoms with Crippen molar-refractivity contribution in [2.45, 2.75) is 19.3 Å². The van der Waals surface area contributed by atoms with E-state index in [1.807, 2.05) is 24.3 Å². The Labute approximate surface area is 158 Å². The zero-order valence-corrected chi connectivity index (χ0v) is 15.6. The smallest absolute Gasteiger partial charge is 0.310 e. The van der Waals surface area contributed by atoms with Crippen LogP contribution in [-0.2, 0) is 0 Å². The third-order valence-electron chi connectivity index (χ3n) is 4.87. The second-order valence-electron chi connectivity index (χ2n) is 6.54. The molecule has 1 fully saturated rings. The van der Waals surface area contributed by atoms with Crippen LogP contribution in [0.5, 0.6) is 5.75 Å². The Morgan fingerprint density at radius 2 is 1.85 bits per heavy atom. The van der Waals surface area contributed by atoms with Crippen molar-refractivity contribution >= 4 is 23.0 Å². The largest absolute Gasteiger partial charge is 0.490 e. The Balaban J connectivity index is 1.91. The number of nitro groups is 1. The van der Waals surface area contributed by atoms with Crippen LogP contribution in [0.4, 0.5) is 17.1 Å². The van der Waals surface area contributed by atoms with Crippen LogP contribution in [0.25, 0.3) is 0 Å². The van der Waals surface area contributed by atoms with Gasteiger partial charge in [-0.05, 0) is 37.5 Å². The van der Waals surface area contributed by atoms with Crippen molar-refractivity contribution in [2.24, 2.45) is 0 Å². The van der Waals surface area contributed by atoms with Gasteiger partial charge in [0.2, 0.25) is 0 Å². The van der Waals surface area contributed by atoms with E-state index >= 15 is 0 Å². The molecule has 0 atom stereocenters. The molecule has 7 heteroatoms. The second-order valence-corrected chi connectivity index (χ2v) is 6.54. The fourth-order valence-corrected chi connectivity index (χ4v) is 3.41. The maximum absolute atomic E-state index is 13.0. The molecule has 27 heavy (non-hydrogen) atoms. The fourth-order valence-electron chi connectivity index (χ4n) is 3.41. The molecule has 0 bridgehead atoms. The van der Waals surface area contributed by atoms with Crippen LogP contribution in [0.1, 0.15) is 29.6 Å². The lowest BCUT2D eigenvalue weighted by Crippen LogP contribution is -2.33. The average Bonchev–Trinajstić information content (AvgIpc) is 2.72. The number of piperidine rings is 1. The van der Waals surface area contributed by atoms with Gasteiger partial charge in [-0.25, -0.2) is 0 Å². The summed E-state index contributed by atoms with van der Waals surface area (Å²) in [5.41, 5.74) is 2.03. The monoisotopic (exact) mass is 369 g/mol. The molecule has 1 heterocycles. The zero-order chi connectivity index (χ0) is 19.4. The van der Waals surface area contributed by atoms with E-state index in [-0.39, 0.29) is 17.3 Å². The number of hydrogen-bond acceptors (Lipinski definition) is 5. The number of hydrogen-bond donors (Lipinski definition) is 0. The first-order valence-electron chi connectivity index (χ1n) is 8.97. The van der Waals surface area contributed by atoms with E-state index in [1.54, 1.807) is 11.9 Å². The third kappa shape index (κ3) is 3.86. The highest BCUT2D eigenvalue weighted by Gasteiger charge is 2.23. The average molecular weight is 369 g/mol. The molecule has 1 saturated heterocycles. The molecular formula is C20H23N3O4. The lowest BCUT2D eigenvalue weighted by molar-refractivity contribution is -0.385. The molecule has 0 aromatic heterocycles. The summed E-state index contributed by atoms with van der Waals surface area (Å²) in [6.45, 7) is 1.95. The normalized spacial score (nSPS) is 13.9. The van der Waals surface area contributed by atoms with Gasteiger partial charge in [0.25, 0.3) is 5.91 Å². The summed E-state index contributed by atoms with van der Waals surface area (Å²) in [6, 6.07) is 12.0. The first-order valence-corrected chi connectivity index (χ1v) is 8.97. The van der Waals surface area contributed by atoms with Crippen LogP contribution in [-0.4, -0.2) is 38.1 Å². The number of para-hydroxylation sites is 2. The summed E-state index contributed by atoms with van der Waals surface area (Å²) in [5, 5.41) is 11.1.